The lowest BCUT2D eigenvalue weighted by atomic mass is 9.32. The molecule has 0 aromatic carbocycles. The lowest BCUT2D eigenvalue weighted by molar-refractivity contribution is -0.242. The van der Waals surface area contributed by atoms with Gasteiger partial charge in [0.15, 0.2) is 0 Å². The van der Waals surface area contributed by atoms with Gasteiger partial charge in [0, 0.05) is 11.3 Å². The third-order valence-electron chi connectivity index (χ3n) is 13.6. The maximum Gasteiger partial charge on any atom is 0.0955 e. The maximum absolute atomic E-state index is 10.9. The van der Waals surface area contributed by atoms with Crippen molar-refractivity contribution in [3.05, 3.63) is 12.2 Å². The minimum absolute atomic E-state index is 0.0111. The average molecular weight is 441 g/mol. The summed E-state index contributed by atoms with van der Waals surface area (Å²) in [5.41, 5.74) is 1.55. The Morgan fingerprint density at radius 2 is 1.53 bits per heavy atom. The highest BCUT2D eigenvalue weighted by atomic mass is 16.5. The van der Waals surface area contributed by atoms with Gasteiger partial charge in [0.05, 0.1) is 18.3 Å². The lowest BCUT2D eigenvalue weighted by Crippen LogP contribution is -2.70. The fourth-order valence-electron chi connectivity index (χ4n) is 11.2. The lowest BCUT2D eigenvalue weighted by Gasteiger charge is -2.72. The maximum atomic E-state index is 10.9. The highest BCUT2D eigenvalue weighted by molar-refractivity contribution is 5.34. The van der Waals surface area contributed by atoms with Crippen LogP contribution in [0.1, 0.15) is 106 Å². The number of hydrogen-bond acceptors (Lipinski definition) is 2. The first kappa shape index (κ1) is 22.1. The van der Waals surface area contributed by atoms with Gasteiger partial charge in [-0.3, -0.25) is 0 Å². The third kappa shape index (κ3) is 2.27. The zero-order valence-corrected chi connectivity index (χ0v) is 21.9. The van der Waals surface area contributed by atoms with Crippen LogP contribution in [0.3, 0.4) is 0 Å². The van der Waals surface area contributed by atoms with Gasteiger partial charge in [-0.2, -0.15) is 0 Å². The Morgan fingerprint density at radius 1 is 0.812 bits per heavy atom. The summed E-state index contributed by atoms with van der Waals surface area (Å²) in [7, 11) is 0. The number of rotatable bonds is 0. The zero-order chi connectivity index (χ0) is 23.0. The highest BCUT2D eigenvalue weighted by Crippen LogP contribution is 2.79. The molecule has 1 N–H and O–H groups in total. The summed E-state index contributed by atoms with van der Waals surface area (Å²) in [6, 6.07) is 0. The SMILES string of the molecule is CC1(C)CCC23CCC4(C)C5(C)CCC6C(C)(C)C(O)CCC6(C)C5C=CC4(OC2)C3C1. The van der Waals surface area contributed by atoms with Crippen molar-refractivity contribution >= 4 is 0 Å². The van der Waals surface area contributed by atoms with Gasteiger partial charge >= 0.3 is 0 Å². The molecule has 2 bridgehead atoms. The van der Waals surface area contributed by atoms with E-state index in [0.29, 0.717) is 28.6 Å². The topological polar surface area (TPSA) is 29.5 Å². The van der Waals surface area contributed by atoms with E-state index in [4.69, 9.17) is 4.74 Å². The fraction of sp³-hybridized carbons (Fsp3) is 0.933. The first-order chi connectivity index (χ1) is 14.8. The molecule has 0 amide bonds. The number of allylic oxidation sites excluding steroid dienone is 1. The van der Waals surface area contributed by atoms with Gasteiger partial charge in [-0.05, 0) is 96.7 Å². The highest BCUT2D eigenvalue weighted by Gasteiger charge is 2.76. The molecule has 2 heteroatoms. The molecule has 6 rings (SSSR count). The molecule has 1 heterocycles. The summed E-state index contributed by atoms with van der Waals surface area (Å²) in [4.78, 5) is 0. The van der Waals surface area contributed by atoms with Crippen LogP contribution in [0.5, 0.6) is 0 Å². The van der Waals surface area contributed by atoms with E-state index in [9.17, 15) is 5.11 Å². The van der Waals surface area contributed by atoms with Crippen molar-refractivity contribution in [2.24, 2.45) is 50.2 Å². The van der Waals surface area contributed by atoms with Gasteiger partial charge in [0.2, 0.25) is 0 Å². The summed E-state index contributed by atoms with van der Waals surface area (Å²) in [6.07, 6.45) is 16.6. The predicted molar refractivity (Wildman–Crippen MR) is 130 cm³/mol. The second-order valence-corrected chi connectivity index (χ2v) is 15.4. The van der Waals surface area contributed by atoms with E-state index in [1.807, 2.05) is 0 Å². The second-order valence-electron chi connectivity index (χ2n) is 15.4. The number of aliphatic hydroxyl groups is 1. The quantitative estimate of drug-likeness (QED) is 0.405. The van der Waals surface area contributed by atoms with Crippen molar-refractivity contribution in [2.45, 2.75) is 118 Å². The Kier molecular flexibility index (Phi) is 4.20. The van der Waals surface area contributed by atoms with Crippen molar-refractivity contribution in [2.75, 3.05) is 6.61 Å². The normalized spacial score (nSPS) is 59.5. The van der Waals surface area contributed by atoms with Crippen LogP contribution in [0, 0.1) is 50.2 Å². The Bertz CT molecular complexity index is 857. The molecule has 0 aromatic rings. The molecule has 2 nitrogen and oxygen atoms in total. The molecular weight excluding hydrogens is 392 g/mol. The van der Waals surface area contributed by atoms with Crippen LogP contribution in [0.25, 0.3) is 0 Å². The molecule has 6 aliphatic rings. The molecule has 1 spiro atoms. The van der Waals surface area contributed by atoms with Crippen molar-refractivity contribution in [1.82, 2.24) is 0 Å². The van der Waals surface area contributed by atoms with Crippen molar-refractivity contribution in [1.29, 1.82) is 0 Å². The minimum atomic E-state index is -0.155. The van der Waals surface area contributed by atoms with E-state index in [2.05, 4.69) is 60.6 Å². The predicted octanol–water partition coefficient (Wildman–Crippen LogP) is 7.16. The molecule has 5 aliphatic carbocycles. The van der Waals surface area contributed by atoms with E-state index < -0.39 is 0 Å². The van der Waals surface area contributed by atoms with E-state index in [0.717, 1.165) is 19.4 Å². The van der Waals surface area contributed by atoms with Crippen molar-refractivity contribution in [3.8, 4) is 0 Å². The molecule has 1 aliphatic heterocycles. The zero-order valence-electron chi connectivity index (χ0n) is 21.9. The number of ether oxygens (including phenoxy) is 1. The smallest absolute Gasteiger partial charge is 0.0955 e. The van der Waals surface area contributed by atoms with Crippen LogP contribution in [0.4, 0.5) is 0 Å². The summed E-state index contributed by atoms with van der Waals surface area (Å²) in [6.45, 7) is 18.6. The van der Waals surface area contributed by atoms with Crippen LogP contribution >= 0.6 is 0 Å². The fourth-order valence-corrected chi connectivity index (χ4v) is 11.2. The Balaban J connectivity index is 1.48. The average Bonchev–Trinajstić information content (AvgIpc) is 2.94. The van der Waals surface area contributed by atoms with Gasteiger partial charge < -0.3 is 9.84 Å². The molecule has 5 fully saturated rings. The minimum Gasteiger partial charge on any atom is -0.393 e. The van der Waals surface area contributed by atoms with E-state index in [1.54, 1.807) is 0 Å². The monoisotopic (exact) mass is 440 g/mol. The summed E-state index contributed by atoms with van der Waals surface area (Å²) in [5.74, 6) is 1.87. The van der Waals surface area contributed by atoms with E-state index >= 15 is 0 Å². The first-order valence-electron chi connectivity index (χ1n) is 13.8. The molecule has 9 unspecified atom stereocenters. The molecule has 4 saturated carbocycles. The number of fused-ring (bicyclic) bond motifs is 4. The first-order valence-corrected chi connectivity index (χ1v) is 13.8. The molecule has 180 valence electrons. The van der Waals surface area contributed by atoms with Crippen LogP contribution in [-0.2, 0) is 4.74 Å². The van der Waals surface area contributed by atoms with Crippen molar-refractivity contribution in [3.63, 3.8) is 0 Å². The second kappa shape index (κ2) is 6.07. The largest absolute Gasteiger partial charge is 0.393 e. The van der Waals surface area contributed by atoms with Crippen molar-refractivity contribution < 1.29 is 9.84 Å². The summed E-state index contributed by atoms with van der Waals surface area (Å²) in [5, 5.41) is 10.9. The van der Waals surface area contributed by atoms with Crippen LogP contribution in [0.15, 0.2) is 12.2 Å². The van der Waals surface area contributed by atoms with Gasteiger partial charge in [0.1, 0.15) is 0 Å². The van der Waals surface area contributed by atoms with Gasteiger partial charge in [-0.15, -0.1) is 0 Å². The number of aliphatic hydroxyl groups excluding tert-OH is 1. The van der Waals surface area contributed by atoms with Gasteiger partial charge in [-0.25, -0.2) is 0 Å². The third-order valence-corrected chi connectivity index (χ3v) is 13.6. The number of hydrogen-bond donors (Lipinski definition) is 1. The molecular formula is C30H48O2. The van der Waals surface area contributed by atoms with Crippen LogP contribution in [0.2, 0.25) is 0 Å². The molecule has 0 aromatic heterocycles. The standard InChI is InChI=1S/C30H48O2/c1-24(2)14-16-29-17-15-28(7)27(6)12-8-20-25(3,4)23(31)10-11-26(20,5)21(27)9-13-30(28,32-19-29)22(29)18-24/h9,13,20-23,31H,8,10-12,14-19H2,1-7H3. The van der Waals surface area contributed by atoms with Crippen LogP contribution in [-0.4, -0.2) is 23.4 Å². The van der Waals surface area contributed by atoms with Gasteiger partial charge in [0.25, 0.3) is 0 Å². The Hall–Kier alpha value is -0.340. The van der Waals surface area contributed by atoms with Gasteiger partial charge in [-0.1, -0.05) is 60.6 Å². The van der Waals surface area contributed by atoms with Crippen LogP contribution < -0.4 is 0 Å². The summed E-state index contributed by atoms with van der Waals surface area (Å²) >= 11 is 0. The molecule has 1 saturated heterocycles. The van der Waals surface area contributed by atoms with E-state index in [-0.39, 0.29) is 33.4 Å². The molecule has 32 heavy (non-hydrogen) atoms. The Labute approximate surface area is 197 Å². The Morgan fingerprint density at radius 3 is 2.28 bits per heavy atom. The molecule has 9 atom stereocenters. The van der Waals surface area contributed by atoms with E-state index in [1.165, 1.54) is 44.9 Å². The summed E-state index contributed by atoms with van der Waals surface area (Å²) < 4.78 is 7.12. The molecule has 0 radical (unpaired) electrons.